The van der Waals surface area contributed by atoms with E-state index >= 15 is 0 Å². The number of benzene rings is 1. The van der Waals surface area contributed by atoms with Crippen LogP contribution in [0.5, 0.6) is 0 Å². The van der Waals surface area contributed by atoms with Crippen molar-refractivity contribution in [3.8, 4) is 11.4 Å². The van der Waals surface area contributed by atoms with Crippen molar-refractivity contribution in [2.75, 3.05) is 20.8 Å². The SMILES string of the molecule is COCCn1c(-c2ccncc2)nn(C[NH+](C)Cc2cccc(F)c2)c1=S. The lowest BCUT2D eigenvalue weighted by Gasteiger charge is -2.13. The third-order valence-electron chi connectivity index (χ3n) is 4.19. The zero-order chi connectivity index (χ0) is 19.2. The van der Waals surface area contributed by atoms with E-state index in [0.717, 1.165) is 21.9 Å². The van der Waals surface area contributed by atoms with Crippen LogP contribution in [-0.2, 0) is 24.5 Å². The van der Waals surface area contributed by atoms with E-state index in [4.69, 9.17) is 22.1 Å². The fraction of sp³-hybridized carbons (Fsp3) is 0.316. The number of rotatable bonds is 8. The van der Waals surface area contributed by atoms with Crippen LogP contribution in [0.4, 0.5) is 4.39 Å². The summed E-state index contributed by atoms with van der Waals surface area (Å²) >= 11 is 5.65. The Bertz CT molecular complexity index is 941. The van der Waals surface area contributed by atoms with Gasteiger partial charge in [-0.2, -0.15) is 4.68 Å². The molecule has 0 saturated carbocycles. The molecule has 0 aliphatic heterocycles. The topological polar surface area (TPSA) is 49.3 Å². The molecule has 0 amide bonds. The normalized spacial score (nSPS) is 12.3. The second-order valence-electron chi connectivity index (χ2n) is 6.41. The molecule has 0 bridgehead atoms. The monoisotopic (exact) mass is 388 g/mol. The van der Waals surface area contributed by atoms with Gasteiger partial charge in [0.1, 0.15) is 12.4 Å². The molecule has 0 radical (unpaired) electrons. The molecule has 3 rings (SSSR count). The van der Waals surface area contributed by atoms with Crippen LogP contribution in [0, 0.1) is 10.6 Å². The summed E-state index contributed by atoms with van der Waals surface area (Å²) in [6.45, 7) is 2.42. The van der Waals surface area contributed by atoms with Gasteiger partial charge in [0.15, 0.2) is 12.5 Å². The Morgan fingerprint density at radius 1 is 1.22 bits per heavy atom. The van der Waals surface area contributed by atoms with Gasteiger partial charge in [0.25, 0.3) is 0 Å². The third-order valence-corrected chi connectivity index (χ3v) is 4.63. The van der Waals surface area contributed by atoms with Crippen LogP contribution in [-0.4, -0.2) is 40.1 Å². The predicted octanol–water partition coefficient (Wildman–Crippen LogP) is 1.93. The molecule has 3 aromatic rings. The number of ether oxygens (including phenoxy) is 1. The van der Waals surface area contributed by atoms with Crippen molar-refractivity contribution >= 4 is 12.2 Å². The Labute approximate surface area is 162 Å². The lowest BCUT2D eigenvalue weighted by Crippen LogP contribution is -3.07. The molecule has 0 saturated heterocycles. The molecule has 0 spiro atoms. The first kappa shape index (κ1) is 19.3. The smallest absolute Gasteiger partial charge is 0.203 e. The Morgan fingerprint density at radius 3 is 2.70 bits per heavy atom. The summed E-state index contributed by atoms with van der Waals surface area (Å²) in [6.07, 6.45) is 3.47. The maximum absolute atomic E-state index is 13.4. The van der Waals surface area contributed by atoms with Gasteiger partial charge >= 0.3 is 0 Å². The Hall–Kier alpha value is -2.42. The van der Waals surface area contributed by atoms with Gasteiger partial charge in [0.05, 0.1) is 20.2 Å². The van der Waals surface area contributed by atoms with E-state index in [9.17, 15) is 4.39 Å². The standard InChI is InChI=1S/C19H22FN5OS/c1-23(13-15-4-3-5-17(20)12-15)14-25-19(27)24(10-11-26-2)18(22-25)16-6-8-21-9-7-16/h3-9,12H,10-11,13-14H2,1-2H3/p+1. The van der Waals surface area contributed by atoms with E-state index in [1.54, 1.807) is 31.6 Å². The Kier molecular flexibility index (Phi) is 6.44. The van der Waals surface area contributed by atoms with Crippen LogP contribution in [0.15, 0.2) is 48.8 Å². The minimum absolute atomic E-state index is 0.222. The quantitative estimate of drug-likeness (QED) is 0.599. The van der Waals surface area contributed by atoms with E-state index in [-0.39, 0.29) is 5.82 Å². The summed E-state index contributed by atoms with van der Waals surface area (Å²) in [5.41, 5.74) is 1.89. The number of halogens is 1. The van der Waals surface area contributed by atoms with Crippen LogP contribution < -0.4 is 4.90 Å². The van der Waals surface area contributed by atoms with Gasteiger partial charge < -0.3 is 9.64 Å². The lowest BCUT2D eigenvalue weighted by atomic mass is 10.2. The molecule has 8 heteroatoms. The molecule has 2 heterocycles. The number of hydrogen-bond acceptors (Lipinski definition) is 4. The second-order valence-corrected chi connectivity index (χ2v) is 6.77. The molecular formula is C19H23FN5OS+. The predicted molar refractivity (Wildman–Crippen MR) is 103 cm³/mol. The summed E-state index contributed by atoms with van der Waals surface area (Å²) in [4.78, 5) is 5.21. The molecule has 6 nitrogen and oxygen atoms in total. The van der Waals surface area contributed by atoms with Crippen LogP contribution in [0.3, 0.4) is 0 Å². The largest absolute Gasteiger partial charge is 0.383 e. The van der Waals surface area contributed by atoms with Crippen molar-refractivity contribution in [1.29, 1.82) is 0 Å². The summed E-state index contributed by atoms with van der Waals surface area (Å²) in [6, 6.07) is 10.5. The lowest BCUT2D eigenvalue weighted by molar-refractivity contribution is -0.917. The number of nitrogens with one attached hydrogen (secondary N) is 1. The minimum Gasteiger partial charge on any atom is -0.383 e. The number of pyridine rings is 1. The van der Waals surface area contributed by atoms with Crippen molar-refractivity contribution in [3.05, 3.63) is 64.9 Å². The highest BCUT2D eigenvalue weighted by molar-refractivity contribution is 7.71. The van der Waals surface area contributed by atoms with Gasteiger partial charge in [-0.25, -0.2) is 4.39 Å². The summed E-state index contributed by atoms with van der Waals surface area (Å²) in [5, 5.41) is 4.73. The first-order chi connectivity index (χ1) is 13.1. The fourth-order valence-corrected chi connectivity index (χ4v) is 3.23. The average molecular weight is 388 g/mol. The first-order valence-electron chi connectivity index (χ1n) is 8.71. The zero-order valence-corrected chi connectivity index (χ0v) is 16.2. The number of nitrogens with zero attached hydrogens (tertiary/aromatic N) is 4. The zero-order valence-electron chi connectivity index (χ0n) is 15.4. The molecule has 2 aromatic heterocycles. The Balaban J connectivity index is 1.84. The second kappa shape index (κ2) is 8.98. The number of hydrogen-bond donors (Lipinski definition) is 1. The van der Waals surface area contributed by atoms with Gasteiger partial charge in [0, 0.05) is 30.6 Å². The molecule has 0 aliphatic rings. The van der Waals surface area contributed by atoms with Gasteiger partial charge in [-0.3, -0.25) is 9.55 Å². The van der Waals surface area contributed by atoms with E-state index < -0.39 is 0 Å². The molecule has 0 aliphatic carbocycles. The number of methoxy groups -OCH3 is 1. The minimum atomic E-state index is -0.222. The van der Waals surface area contributed by atoms with Gasteiger partial charge in [0.2, 0.25) is 4.77 Å². The first-order valence-corrected chi connectivity index (χ1v) is 9.12. The molecule has 142 valence electrons. The highest BCUT2D eigenvalue weighted by Crippen LogP contribution is 2.17. The van der Waals surface area contributed by atoms with Gasteiger partial charge in [-0.15, -0.1) is 5.10 Å². The van der Waals surface area contributed by atoms with Crippen LogP contribution in [0.1, 0.15) is 5.56 Å². The molecule has 1 atom stereocenters. The van der Waals surface area contributed by atoms with Crippen LogP contribution in [0.25, 0.3) is 11.4 Å². The molecular weight excluding hydrogens is 365 g/mol. The highest BCUT2D eigenvalue weighted by atomic mass is 32.1. The van der Waals surface area contributed by atoms with Crippen molar-refractivity contribution in [1.82, 2.24) is 19.3 Å². The summed E-state index contributed by atoms with van der Waals surface area (Å²) < 4.78 is 23.0. The van der Waals surface area contributed by atoms with Crippen molar-refractivity contribution < 1.29 is 14.0 Å². The summed E-state index contributed by atoms with van der Waals surface area (Å²) in [5.74, 6) is 0.568. The van der Waals surface area contributed by atoms with Crippen molar-refractivity contribution in [2.24, 2.45) is 0 Å². The van der Waals surface area contributed by atoms with E-state index in [1.165, 1.54) is 6.07 Å². The fourth-order valence-electron chi connectivity index (χ4n) is 2.95. The van der Waals surface area contributed by atoms with Crippen LogP contribution in [0.2, 0.25) is 0 Å². The number of quaternary nitrogens is 1. The average Bonchev–Trinajstić information content (AvgIpc) is 2.96. The van der Waals surface area contributed by atoms with Crippen LogP contribution >= 0.6 is 12.2 Å². The van der Waals surface area contributed by atoms with Crippen molar-refractivity contribution in [3.63, 3.8) is 0 Å². The molecule has 27 heavy (non-hydrogen) atoms. The third kappa shape index (κ3) is 4.85. The molecule has 1 aromatic carbocycles. The van der Waals surface area contributed by atoms with Crippen molar-refractivity contribution in [2.45, 2.75) is 19.8 Å². The maximum Gasteiger partial charge on any atom is 0.203 e. The number of aromatic nitrogens is 4. The van der Waals surface area contributed by atoms with Gasteiger partial charge in [-0.05, 0) is 36.5 Å². The van der Waals surface area contributed by atoms with E-state index in [1.807, 2.05) is 34.5 Å². The molecule has 1 N–H and O–H groups in total. The highest BCUT2D eigenvalue weighted by Gasteiger charge is 2.15. The van der Waals surface area contributed by atoms with E-state index in [0.29, 0.717) is 31.1 Å². The maximum atomic E-state index is 13.4. The summed E-state index contributed by atoms with van der Waals surface area (Å²) in [7, 11) is 3.70. The molecule has 0 fully saturated rings. The molecule has 1 unspecified atom stereocenters. The van der Waals surface area contributed by atoms with E-state index in [2.05, 4.69) is 4.98 Å². The van der Waals surface area contributed by atoms with Gasteiger partial charge in [-0.1, -0.05) is 12.1 Å². The Morgan fingerprint density at radius 2 is 2.00 bits per heavy atom.